The standard InChI is InChI=1S/C17H27N5O/c1-3-20-7-5-15(13-20)19-17(23)22-10-8-21(9-11-22)16-4-6-18-12-14(16)2/h4,6,12,15H,3,5,7-11,13H2,1-2H3,(H,19,23). The molecule has 6 heteroatoms. The lowest BCUT2D eigenvalue weighted by molar-refractivity contribution is 0.190. The van der Waals surface area contributed by atoms with Crippen molar-refractivity contribution in [2.45, 2.75) is 26.3 Å². The van der Waals surface area contributed by atoms with Crippen LogP contribution < -0.4 is 10.2 Å². The third-order valence-electron chi connectivity index (χ3n) is 4.95. The molecule has 1 aromatic heterocycles. The van der Waals surface area contributed by atoms with Crippen molar-refractivity contribution in [2.24, 2.45) is 0 Å². The number of likely N-dealkylation sites (N-methyl/N-ethyl adjacent to an activating group) is 1. The second kappa shape index (κ2) is 7.17. The Bertz CT molecular complexity index is 542. The van der Waals surface area contributed by atoms with Crippen LogP contribution >= 0.6 is 0 Å². The summed E-state index contributed by atoms with van der Waals surface area (Å²) in [5.41, 5.74) is 2.42. The average molecular weight is 317 g/mol. The fraction of sp³-hybridized carbons (Fsp3) is 0.647. The van der Waals surface area contributed by atoms with E-state index in [0.717, 1.165) is 52.2 Å². The molecule has 126 valence electrons. The van der Waals surface area contributed by atoms with E-state index in [1.165, 1.54) is 11.3 Å². The van der Waals surface area contributed by atoms with Gasteiger partial charge >= 0.3 is 6.03 Å². The number of rotatable bonds is 3. The number of piperazine rings is 1. The summed E-state index contributed by atoms with van der Waals surface area (Å²) in [6, 6.07) is 2.46. The van der Waals surface area contributed by atoms with E-state index < -0.39 is 0 Å². The van der Waals surface area contributed by atoms with Gasteiger partial charge in [-0.15, -0.1) is 0 Å². The zero-order valence-corrected chi connectivity index (χ0v) is 14.2. The number of likely N-dealkylation sites (tertiary alicyclic amines) is 1. The van der Waals surface area contributed by atoms with Gasteiger partial charge in [-0.1, -0.05) is 6.92 Å². The molecular weight excluding hydrogens is 290 g/mol. The normalized spacial score (nSPS) is 22.4. The lowest BCUT2D eigenvalue weighted by Gasteiger charge is -2.37. The molecule has 0 aromatic carbocycles. The van der Waals surface area contributed by atoms with Crippen LogP contribution in [0.3, 0.4) is 0 Å². The highest BCUT2D eigenvalue weighted by Gasteiger charge is 2.27. The highest BCUT2D eigenvalue weighted by atomic mass is 16.2. The van der Waals surface area contributed by atoms with E-state index in [2.05, 4.69) is 40.0 Å². The Labute approximate surface area is 138 Å². The fourth-order valence-corrected chi connectivity index (χ4v) is 3.47. The van der Waals surface area contributed by atoms with Crippen LogP contribution in [0.1, 0.15) is 18.9 Å². The Morgan fingerprint density at radius 3 is 2.74 bits per heavy atom. The minimum atomic E-state index is 0.0963. The largest absolute Gasteiger partial charge is 0.368 e. The maximum Gasteiger partial charge on any atom is 0.317 e. The quantitative estimate of drug-likeness (QED) is 0.913. The molecule has 0 bridgehead atoms. The van der Waals surface area contributed by atoms with Crippen LogP contribution in [0.5, 0.6) is 0 Å². The zero-order valence-electron chi connectivity index (χ0n) is 14.2. The summed E-state index contributed by atoms with van der Waals surface area (Å²) < 4.78 is 0. The van der Waals surface area contributed by atoms with Gasteiger partial charge in [0.1, 0.15) is 0 Å². The third-order valence-corrected chi connectivity index (χ3v) is 4.95. The molecule has 2 saturated heterocycles. The Morgan fingerprint density at radius 1 is 1.30 bits per heavy atom. The molecular formula is C17H27N5O. The number of hydrogen-bond donors (Lipinski definition) is 1. The monoisotopic (exact) mass is 317 g/mol. The summed E-state index contributed by atoms with van der Waals surface area (Å²) in [4.78, 5) is 23.2. The number of nitrogens with zero attached hydrogens (tertiary/aromatic N) is 4. The lowest BCUT2D eigenvalue weighted by Crippen LogP contribution is -2.54. The van der Waals surface area contributed by atoms with Gasteiger partial charge < -0.3 is 20.0 Å². The maximum absolute atomic E-state index is 12.4. The van der Waals surface area contributed by atoms with E-state index in [1.807, 2.05) is 17.3 Å². The van der Waals surface area contributed by atoms with Gasteiger partial charge in [0, 0.05) is 63.4 Å². The molecule has 1 N–H and O–H groups in total. The first kappa shape index (κ1) is 16.1. The van der Waals surface area contributed by atoms with Crippen molar-refractivity contribution >= 4 is 11.7 Å². The predicted octanol–water partition coefficient (Wildman–Crippen LogP) is 1.32. The van der Waals surface area contributed by atoms with Crippen molar-refractivity contribution in [1.29, 1.82) is 0 Å². The zero-order chi connectivity index (χ0) is 16.2. The van der Waals surface area contributed by atoms with E-state index in [0.29, 0.717) is 6.04 Å². The van der Waals surface area contributed by atoms with Crippen molar-refractivity contribution in [2.75, 3.05) is 50.7 Å². The highest BCUT2D eigenvalue weighted by molar-refractivity contribution is 5.75. The molecule has 2 aliphatic rings. The first-order valence-electron chi connectivity index (χ1n) is 8.60. The summed E-state index contributed by atoms with van der Waals surface area (Å²) in [7, 11) is 0. The Kier molecular flexibility index (Phi) is 5.00. The molecule has 2 fully saturated rings. The summed E-state index contributed by atoms with van der Waals surface area (Å²) in [6.45, 7) is 10.7. The van der Waals surface area contributed by atoms with Crippen LogP contribution in [0.4, 0.5) is 10.5 Å². The van der Waals surface area contributed by atoms with Crippen LogP contribution in [-0.2, 0) is 0 Å². The molecule has 0 spiro atoms. The number of carbonyl (C=O) groups is 1. The molecule has 3 rings (SSSR count). The first-order chi connectivity index (χ1) is 11.2. The van der Waals surface area contributed by atoms with Crippen molar-refractivity contribution in [1.82, 2.24) is 20.1 Å². The summed E-state index contributed by atoms with van der Waals surface area (Å²) in [5.74, 6) is 0. The number of aromatic nitrogens is 1. The van der Waals surface area contributed by atoms with Crippen LogP contribution in [0, 0.1) is 6.92 Å². The van der Waals surface area contributed by atoms with E-state index in [-0.39, 0.29) is 6.03 Å². The molecule has 1 unspecified atom stereocenters. The Hall–Kier alpha value is -1.82. The molecule has 0 radical (unpaired) electrons. The van der Waals surface area contributed by atoms with E-state index in [9.17, 15) is 4.79 Å². The van der Waals surface area contributed by atoms with Crippen molar-refractivity contribution < 1.29 is 4.79 Å². The lowest BCUT2D eigenvalue weighted by atomic mass is 10.2. The van der Waals surface area contributed by atoms with Crippen molar-refractivity contribution in [3.05, 3.63) is 24.0 Å². The minimum absolute atomic E-state index is 0.0963. The smallest absolute Gasteiger partial charge is 0.317 e. The number of aryl methyl sites for hydroxylation is 1. The van der Waals surface area contributed by atoms with Crippen molar-refractivity contribution in [3.8, 4) is 0 Å². The number of anilines is 1. The second-order valence-electron chi connectivity index (χ2n) is 6.46. The summed E-state index contributed by atoms with van der Waals surface area (Å²) in [6.07, 6.45) is 4.80. The van der Waals surface area contributed by atoms with Gasteiger partial charge in [0.15, 0.2) is 0 Å². The summed E-state index contributed by atoms with van der Waals surface area (Å²) in [5, 5.41) is 3.20. The van der Waals surface area contributed by atoms with Crippen LogP contribution in [-0.4, -0.2) is 72.7 Å². The second-order valence-corrected chi connectivity index (χ2v) is 6.46. The van der Waals surface area contributed by atoms with E-state index >= 15 is 0 Å². The number of nitrogens with one attached hydrogen (secondary N) is 1. The number of hydrogen-bond acceptors (Lipinski definition) is 4. The molecule has 6 nitrogen and oxygen atoms in total. The number of urea groups is 1. The van der Waals surface area contributed by atoms with E-state index in [4.69, 9.17) is 0 Å². The Balaban J connectivity index is 1.49. The molecule has 2 amide bonds. The van der Waals surface area contributed by atoms with Crippen LogP contribution in [0.25, 0.3) is 0 Å². The van der Waals surface area contributed by atoms with Gasteiger partial charge in [0.2, 0.25) is 0 Å². The van der Waals surface area contributed by atoms with Gasteiger partial charge in [-0.2, -0.15) is 0 Å². The maximum atomic E-state index is 12.4. The molecule has 1 atom stereocenters. The number of pyridine rings is 1. The average Bonchev–Trinajstić information content (AvgIpc) is 3.03. The first-order valence-corrected chi connectivity index (χ1v) is 8.60. The number of amides is 2. The van der Waals surface area contributed by atoms with E-state index in [1.54, 1.807) is 0 Å². The van der Waals surface area contributed by atoms with Crippen LogP contribution in [0.2, 0.25) is 0 Å². The molecule has 3 heterocycles. The minimum Gasteiger partial charge on any atom is -0.368 e. The topological polar surface area (TPSA) is 51.7 Å². The molecule has 2 aliphatic heterocycles. The molecule has 0 aliphatic carbocycles. The fourth-order valence-electron chi connectivity index (χ4n) is 3.47. The highest BCUT2D eigenvalue weighted by Crippen LogP contribution is 2.20. The molecule has 23 heavy (non-hydrogen) atoms. The van der Waals surface area contributed by atoms with Gasteiger partial charge in [0.05, 0.1) is 0 Å². The predicted molar refractivity (Wildman–Crippen MR) is 91.8 cm³/mol. The third kappa shape index (κ3) is 3.75. The van der Waals surface area contributed by atoms with Crippen LogP contribution in [0.15, 0.2) is 18.5 Å². The van der Waals surface area contributed by atoms with Gasteiger partial charge in [0.25, 0.3) is 0 Å². The van der Waals surface area contributed by atoms with Gasteiger partial charge in [-0.3, -0.25) is 4.98 Å². The van der Waals surface area contributed by atoms with Crippen molar-refractivity contribution in [3.63, 3.8) is 0 Å². The summed E-state index contributed by atoms with van der Waals surface area (Å²) >= 11 is 0. The molecule has 0 saturated carbocycles. The SMILES string of the molecule is CCN1CCC(NC(=O)N2CCN(c3ccncc3C)CC2)C1. The van der Waals surface area contributed by atoms with Gasteiger partial charge in [-0.25, -0.2) is 4.79 Å². The van der Waals surface area contributed by atoms with Gasteiger partial charge in [-0.05, 0) is 31.5 Å². The molecule has 1 aromatic rings. The Morgan fingerprint density at radius 2 is 2.09 bits per heavy atom. The number of carbonyl (C=O) groups excluding carboxylic acids is 1.